The Labute approximate surface area is 395 Å². The zero-order valence-corrected chi connectivity index (χ0v) is 33.6. The van der Waals surface area contributed by atoms with Crippen LogP contribution < -0.4 is 20.7 Å². The third-order valence-electron chi connectivity index (χ3n) is 11.1. The fourth-order valence-corrected chi connectivity index (χ4v) is 13.3. The van der Waals surface area contributed by atoms with E-state index in [-0.39, 0.29) is 43.8 Å². The summed E-state index contributed by atoms with van der Waals surface area (Å²) < 4.78 is 192. The molecular formula is C57H39N5Si. The van der Waals surface area contributed by atoms with Gasteiger partial charge in [-0.3, -0.25) is 4.57 Å². The van der Waals surface area contributed by atoms with Crippen LogP contribution in [0.25, 0.3) is 78.0 Å². The molecule has 3 heterocycles. The molecule has 0 unspecified atom stereocenters. The van der Waals surface area contributed by atoms with E-state index in [1.54, 1.807) is 18.2 Å². The highest BCUT2D eigenvalue weighted by Crippen LogP contribution is 2.37. The van der Waals surface area contributed by atoms with Gasteiger partial charge in [0.1, 0.15) is 0 Å². The molecule has 0 aliphatic rings. The highest BCUT2D eigenvalue weighted by molar-refractivity contribution is 7.19. The molecule has 0 N–H and O–H groups in total. The second-order valence-corrected chi connectivity index (χ2v) is 18.2. The minimum absolute atomic E-state index is 0.0962. The lowest BCUT2D eigenvalue weighted by Crippen LogP contribution is -2.74. The van der Waals surface area contributed by atoms with E-state index in [2.05, 4.69) is 0 Å². The summed E-state index contributed by atoms with van der Waals surface area (Å²) in [6, 6.07) is 18.4. The van der Waals surface area contributed by atoms with Gasteiger partial charge < -0.3 is 4.57 Å². The summed E-state index contributed by atoms with van der Waals surface area (Å²) >= 11 is 0. The molecule has 0 aliphatic carbocycles. The van der Waals surface area contributed by atoms with Crippen molar-refractivity contribution in [3.05, 3.63) is 236 Å². The summed E-state index contributed by atoms with van der Waals surface area (Å²) in [5.74, 6) is -1.77. The van der Waals surface area contributed by atoms with Crippen LogP contribution in [0.15, 0.2) is 236 Å². The molecule has 0 fully saturated rings. The fraction of sp³-hybridized carbons (Fsp3) is 0. The maximum absolute atomic E-state index is 9.54. The molecule has 296 valence electrons. The highest BCUT2D eigenvalue weighted by Gasteiger charge is 2.42. The highest BCUT2D eigenvalue weighted by atomic mass is 28.3. The van der Waals surface area contributed by atoms with Crippen LogP contribution in [-0.2, 0) is 0 Å². The third-order valence-corrected chi connectivity index (χ3v) is 15.9. The molecule has 0 bridgehead atoms. The second kappa shape index (κ2) is 15.1. The van der Waals surface area contributed by atoms with Gasteiger partial charge in [-0.1, -0.05) is 200 Å². The first-order valence-corrected chi connectivity index (χ1v) is 21.7. The number of hydrogen-bond acceptors (Lipinski definition) is 3. The van der Waals surface area contributed by atoms with E-state index in [9.17, 15) is 13.7 Å². The Morgan fingerprint density at radius 3 is 1.25 bits per heavy atom. The van der Waals surface area contributed by atoms with Crippen molar-refractivity contribution in [3.8, 4) is 34.4 Å². The van der Waals surface area contributed by atoms with Crippen molar-refractivity contribution < 1.29 is 28.8 Å². The molecule has 12 rings (SSSR count). The quantitative estimate of drug-likeness (QED) is 0.113. The van der Waals surface area contributed by atoms with Crippen molar-refractivity contribution in [2.24, 2.45) is 0 Å². The summed E-state index contributed by atoms with van der Waals surface area (Å²) in [7, 11) is -3.69. The van der Waals surface area contributed by atoms with Gasteiger partial charge in [0.15, 0.2) is 19.7 Å². The zero-order chi connectivity index (χ0) is 60.0. The molecule has 0 radical (unpaired) electrons. The Morgan fingerprint density at radius 2 is 0.778 bits per heavy atom. The monoisotopic (exact) mass is 842 g/mol. The maximum atomic E-state index is 9.54. The molecule has 0 saturated carbocycles. The Morgan fingerprint density at radius 1 is 0.365 bits per heavy atom. The average molecular weight is 843 g/mol. The number of benzene rings is 9. The third kappa shape index (κ3) is 5.87. The van der Waals surface area contributed by atoms with Crippen molar-refractivity contribution in [2.45, 2.75) is 0 Å². The van der Waals surface area contributed by atoms with Crippen molar-refractivity contribution in [2.75, 3.05) is 0 Å². The Kier molecular flexibility index (Phi) is 5.03. The minimum Gasteiger partial charge on any atom is -0.309 e. The summed E-state index contributed by atoms with van der Waals surface area (Å²) in [6.07, 6.45) is 0. The van der Waals surface area contributed by atoms with Crippen molar-refractivity contribution in [1.82, 2.24) is 24.1 Å². The molecule has 0 amide bonds. The van der Waals surface area contributed by atoms with Gasteiger partial charge in [0.2, 0.25) is 5.95 Å². The fourth-order valence-electron chi connectivity index (χ4n) is 8.55. The molecule has 0 atom stereocenters. The van der Waals surface area contributed by atoms with E-state index < -0.39 is 169 Å². The Hall–Kier alpha value is -8.19. The van der Waals surface area contributed by atoms with E-state index in [1.807, 2.05) is 91.0 Å². The van der Waals surface area contributed by atoms with Crippen LogP contribution in [0.2, 0.25) is 0 Å². The topological polar surface area (TPSA) is 48.5 Å². The van der Waals surface area contributed by atoms with E-state index in [0.717, 1.165) is 20.1 Å². The minimum atomic E-state index is -3.69. The average Bonchev–Trinajstić information content (AvgIpc) is 1.76. The van der Waals surface area contributed by atoms with Gasteiger partial charge in [0.05, 0.1) is 56.5 Å². The Bertz CT molecular complexity index is 4590. The number of hydrogen-bond donors (Lipinski definition) is 0. The first-order valence-electron chi connectivity index (χ1n) is 30.2. The summed E-state index contributed by atoms with van der Waals surface area (Å²) in [5, 5.41) is 1.86. The van der Waals surface area contributed by atoms with Crippen LogP contribution >= 0.6 is 0 Å². The van der Waals surface area contributed by atoms with Crippen molar-refractivity contribution in [3.63, 3.8) is 0 Å². The lowest BCUT2D eigenvalue weighted by Gasteiger charge is -2.35. The normalized spacial score (nSPS) is 16.5. The number of para-hydroxylation sites is 4. The van der Waals surface area contributed by atoms with Gasteiger partial charge >= 0.3 is 0 Å². The molecule has 12 aromatic rings. The summed E-state index contributed by atoms with van der Waals surface area (Å²) in [6.45, 7) is 0. The molecule has 63 heavy (non-hydrogen) atoms. The van der Waals surface area contributed by atoms with E-state index in [1.165, 1.54) is 4.57 Å². The predicted octanol–water partition coefficient (Wildman–Crippen LogP) is 10.8. The molecule has 3 aromatic heterocycles. The number of nitrogens with zero attached hydrogens (tertiary/aromatic N) is 5. The van der Waals surface area contributed by atoms with Gasteiger partial charge in [0, 0.05) is 32.7 Å². The lowest BCUT2D eigenvalue weighted by atomic mass is 10.1. The second-order valence-electron chi connectivity index (χ2n) is 14.4. The van der Waals surface area contributed by atoms with E-state index in [4.69, 9.17) is 30.0 Å². The van der Waals surface area contributed by atoms with Crippen LogP contribution in [0.5, 0.6) is 0 Å². The first-order chi connectivity index (χ1) is 40.0. The molecule has 0 aliphatic heterocycles. The van der Waals surface area contributed by atoms with Crippen molar-refractivity contribution in [1.29, 1.82) is 0 Å². The molecule has 0 spiro atoms. The maximum Gasteiger partial charge on any atom is 0.238 e. The molecule has 5 nitrogen and oxygen atoms in total. The standard InChI is InChI=1S/C57H39N5Si/c1-5-21-40(22-6-1)55-58-56(60-57(59-55)62-52-35-19-15-31-47(52)48-32-16-20-36-53(48)62)49-39-44(37-38-54(49)61-50-33-17-13-29-45(50)46-30-14-18-34-51(46)61)63(41-23-7-2-8-24-41,42-25-9-3-10-26-42)43-27-11-4-12-28-43/h1-39H/i1D,5D,6D,13D,14D,15D,16D,17D,18D,19D,20D,21D,22D,29D,30D,31D,32D,33D,34D,35D,36D. The molecule has 0 saturated heterocycles. The molecule has 6 heteroatoms. The number of rotatable bonds is 8. The predicted molar refractivity (Wildman–Crippen MR) is 263 cm³/mol. The smallest absolute Gasteiger partial charge is 0.238 e. The van der Waals surface area contributed by atoms with Gasteiger partial charge in [-0.15, -0.1) is 0 Å². The van der Waals surface area contributed by atoms with Crippen LogP contribution in [0.1, 0.15) is 28.8 Å². The molecular weight excluding hydrogens is 783 g/mol. The van der Waals surface area contributed by atoms with Gasteiger partial charge in [-0.2, -0.15) is 9.97 Å². The van der Waals surface area contributed by atoms with Gasteiger partial charge in [-0.05, 0) is 57.0 Å². The Balaban J connectivity index is 1.36. The van der Waals surface area contributed by atoms with E-state index in [0.29, 0.717) is 5.19 Å². The van der Waals surface area contributed by atoms with Crippen LogP contribution in [-0.4, -0.2) is 32.2 Å². The van der Waals surface area contributed by atoms with Gasteiger partial charge in [-0.25, -0.2) is 4.98 Å². The van der Waals surface area contributed by atoms with Gasteiger partial charge in [0.25, 0.3) is 0 Å². The van der Waals surface area contributed by atoms with E-state index >= 15 is 0 Å². The van der Waals surface area contributed by atoms with Crippen LogP contribution in [0.4, 0.5) is 0 Å². The number of fused-ring (bicyclic) bond motifs is 6. The largest absolute Gasteiger partial charge is 0.309 e. The van der Waals surface area contributed by atoms with Crippen molar-refractivity contribution >= 4 is 72.4 Å². The van der Waals surface area contributed by atoms with Crippen LogP contribution in [0.3, 0.4) is 0 Å². The number of aromatic nitrogens is 5. The summed E-state index contributed by atoms with van der Waals surface area (Å²) in [4.78, 5) is 14.7. The first kappa shape index (κ1) is 21.1. The zero-order valence-electron chi connectivity index (χ0n) is 53.6. The summed E-state index contributed by atoms with van der Waals surface area (Å²) in [5.41, 5.74) is -2.30. The lowest BCUT2D eigenvalue weighted by molar-refractivity contribution is 0.952. The molecule has 9 aromatic carbocycles. The SMILES string of the molecule is [2H]c1c([2H])c([2H])c(-c2nc(-c3cc([Si](c4ccccc4)(c4ccccc4)c4ccccc4)ccc3-n3c4c([2H])c([2H])c([2H])c([2H])c4c4c([2H])c([2H])c([2H])c([2H])c43)nc(-n3c4c([2H])c([2H])c([2H])c([2H])c4c4c([2H])c([2H])c([2H])c([2H])c43)n2)c([2H])c1[2H]. The van der Waals surface area contributed by atoms with Crippen LogP contribution in [0, 0.1) is 0 Å².